The van der Waals surface area contributed by atoms with E-state index in [1.807, 2.05) is 20.8 Å². The highest BCUT2D eigenvalue weighted by Crippen LogP contribution is 2.51. The fourth-order valence-electron chi connectivity index (χ4n) is 7.41. The third kappa shape index (κ3) is 4.46. The van der Waals surface area contributed by atoms with Gasteiger partial charge in [-0.3, -0.25) is 9.80 Å². The quantitative estimate of drug-likeness (QED) is 0.352. The first-order valence-electron chi connectivity index (χ1n) is 14.4. The smallest absolute Gasteiger partial charge is 0.411 e. The Morgan fingerprint density at radius 2 is 1.38 bits per heavy atom. The zero-order valence-corrected chi connectivity index (χ0v) is 23.4. The fraction of sp³-hybridized carbons (Fsp3) is 0.441. The molecule has 5 heteroatoms. The first-order valence-corrected chi connectivity index (χ1v) is 14.4. The predicted octanol–water partition coefficient (Wildman–Crippen LogP) is 6.61. The summed E-state index contributed by atoms with van der Waals surface area (Å²) in [6.07, 6.45) is 3.66. The summed E-state index contributed by atoms with van der Waals surface area (Å²) in [5.41, 5.74) is 2.19. The van der Waals surface area contributed by atoms with Crippen LogP contribution >= 0.6 is 0 Å². The van der Waals surface area contributed by atoms with Crippen LogP contribution in [-0.4, -0.2) is 58.9 Å². The lowest BCUT2D eigenvalue weighted by Gasteiger charge is -2.56. The van der Waals surface area contributed by atoms with Crippen molar-refractivity contribution in [3.05, 3.63) is 108 Å². The summed E-state index contributed by atoms with van der Waals surface area (Å²) in [7, 11) is 0. The van der Waals surface area contributed by atoms with E-state index in [4.69, 9.17) is 9.47 Å². The van der Waals surface area contributed by atoms with Crippen LogP contribution in [-0.2, 0) is 15.0 Å². The van der Waals surface area contributed by atoms with E-state index in [9.17, 15) is 4.79 Å². The monoisotopic (exact) mass is 524 g/mol. The molecule has 3 atom stereocenters. The number of likely N-dealkylation sites (tertiary alicyclic amines) is 1. The number of rotatable bonds is 5. The van der Waals surface area contributed by atoms with E-state index in [1.165, 1.54) is 16.7 Å². The second kappa shape index (κ2) is 10.1. The summed E-state index contributed by atoms with van der Waals surface area (Å²) in [6, 6.07) is 32.6. The third-order valence-electron chi connectivity index (χ3n) is 8.82. The Labute approximate surface area is 232 Å². The minimum Gasteiger partial charge on any atom is -0.444 e. The summed E-state index contributed by atoms with van der Waals surface area (Å²) < 4.78 is 12.5. The van der Waals surface area contributed by atoms with Crippen molar-refractivity contribution in [2.45, 2.75) is 75.3 Å². The van der Waals surface area contributed by atoms with Gasteiger partial charge in [-0.05, 0) is 63.1 Å². The summed E-state index contributed by atoms with van der Waals surface area (Å²) >= 11 is 0. The highest BCUT2D eigenvalue weighted by Gasteiger charge is 2.62. The molecule has 3 heterocycles. The molecule has 5 nitrogen and oxygen atoms in total. The molecule has 3 saturated heterocycles. The number of benzene rings is 3. The minimum absolute atomic E-state index is 0.00200. The van der Waals surface area contributed by atoms with Gasteiger partial charge in [0.1, 0.15) is 5.60 Å². The molecule has 3 aliphatic rings. The summed E-state index contributed by atoms with van der Waals surface area (Å²) in [6.45, 7) is 8.08. The molecule has 204 valence electrons. The molecular weight excluding hydrogens is 484 g/mol. The standard InChI is InChI=1S/C34H40N2O3/c1-32(2,3)39-31(37)36-29-21-22-33(36,30-20-13-23-38-30)25-35(24-29)34(26-14-7-4-8-15-26,27-16-9-5-10-17-27)28-18-11-6-12-19-28/h4-12,14-19,29-30H,13,20-25H2,1-3H3/t29?,30-,33?/m1/s1. The van der Waals surface area contributed by atoms with Crippen molar-refractivity contribution in [1.29, 1.82) is 0 Å². The van der Waals surface area contributed by atoms with Crippen molar-refractivity contribution in [1.82, 2.24) is 9.80 Å². The Morgan fingerprint density at radius 1 is 0.846 bits per heavy atom. The lowest BCUT2D eigenvalue weighted by Crippen LogP contribution is -2.71. The lowest BCUT2D eigenvalue weighted by molar-refractivity contribution is -0.0977. The van der Waals surface area contributed by atoms with E-state index in [2.05, 4.69) is 101 Å². The number of carbonyl (C=O) groups is 1. The van der Waals surface area contributed by atoms with Crippen LogP contribution < -0.4 is 0 Å². The number of hydrogen-bond donors (Lipinski definition) is 0. The zero-order valence-electron chi connectivity index (χ0n) is 23.4. The SMILES string of the molecule is CC(C)(C)OC(=O)N1C2CCC1([C@H]1CCCO1)CN(C(c1ccccc1)(c1ccccc1)c1ccccc1)C2. The average Bonchev–Trinajstić information content (AvgIpc) is 3.56. The molecule has 2 bridgehead atoms. The van der Waals surface area contributed by atoms with Crippen LogP contribution in [0.1, 0.15) is 63.1 Å². The van der Waals surface area contributed by atoms with Crippen molar-refractivity contribution >= 4 is 6.09 Å². The van der Waals surface area contributed by atoms with Gasteiger partial charge in [-0.25, -0.2) is 4.79 Å². The van der Waals surface area contributed by atoms with Gasteiger partial charge in [-0.1, -0.05) is 91.0 Å². The molecule has 3 aromatic rings. The Balaban J connectivity index is 1.53. The fourth-order valence-corrected chi connectivity index (χ4v) is 7.41. The van der Waals surface area contributed by atoms with Crippen LogP contribution in [0.4, 0.5) is 4.79 Å². The molecule has 6 rings (SSSR count). The van der Waals surface area contributed by atoms with Gasteiger partial charge in [0, 0.05) is 25.7 Å². The molecule has 1 amide bonds. The summed E-state index contributed by atoms with van der Waals surface area (Å²) in [4.78, 5) is 18.6. The number of amides is 1. The maximum Gasteiger partial charge on any atom is 0.411 e. The van der Waals surface area contributed by atoms with Crippen molar-refractivity contribution in [3.8, 4) is 0 Å². The van der Waals surface area contributed by atoms with Crippen LogP contribution in [0.3, 0.4) is 0 Å². The topological polar surface area (TPSA) is 42.0 Å². The van der Waals surface area contributed by atoms with Crippen molar-refractivity contribution in [2.24, 2.45) is 0 Å². The first kappa shape index (κ1) is 26.1. The maximum atomic E-state index is 13.8. The van der Waals surface area contributed by atoms with E-state index in [-0.39, 0.29) is 18.2 Å². The number of ether oxygens (including phenoxy) is 2. The molecule has 2 unspecified atom stereocenters. The molecule has 3 fully saturated rings. The molecule has 0 saturated carbocycles. The molecule has 0 aliphatic carbocycles. The summed E-state index contributed by atoms with van der Waals surface area (Å²) in [5.74, 6) is 0. The van der Waals surface area contributed by atoms with E-state index in [0.717, 1.165) is 38.8 Å². The molecule has 3 aliphatic heterocycles. The predicted molar refractivity (Wildman–Crippen MR) is 154 cm³/mol. The second-order valence-corrected chi connectivity index (χ2v) is 12.3. The van der Waals surface area contributed by atoms with Crippen LogP contribution in [0, 0.1) is 0 Å². The largest absolute Gasteiger partial charge is 0.444 e. The molecule has 0 spiro atoms. The maximum absolute atomic E-state index is 13.8. The number of piperazine rings is 1. The van der Waals surface area contributed by atoms with Crippen LogP contribution in [0.2, 0.25) is 0 Å². The van der Waals surface area contributed by atoms with Gasteiger partial charge < -0.3 is 9.47 Å². The number of nitrogens with zero attached hydrogens (tertiary/aromatic N) is 2. The molecule has 0 radical (unpaired) electrons. The summed E-state index contributed by atoms with van der Waals surface area (Å²) in [5, 5.41) is 0. The molecular formula is C34H40N2O3. The molecule has 0 N–H and O–H groups in total. The third-order valence-corrected chi connectivity index (χ3v) is 8.82. The molecule has 0 aromatic heterocycles. The van der Waals surface area contributed by atoms with E-state index < -0.39 is 16.7 Å². The van der Waals surface area contributed by atoms with E-state index >= 15 is 0 Å². The zero-order chi connectivity index (χ0) is 27.1. The van der Waals surface area contributed by atoms with E-state index in [0.29, 0.717) is 6.54 Å². The van der Waals surface area contributed by atoms with Gasteiger partial charge in [0.2, 0.25) is 0 Å². The lowest BCUT2D eigenvalue weighted by atomic mass is 9.73. The molecule has 3 aromatic carbocycles. The van der Waals surface area contributed by atoms with Crippen molar-refractivity contribution in [2.75, 3.05) is 19.7 Å². The van der Waals surface area contributed by atoms with Gasteiger partial charge in [-0.15, -0.1) is 0 Å². The highest BCUT2D eigenvalue weighted by molar-refractivity contribution is 5.71. The Morgan fingerprint density at radius 3 is 1.85 bits per heavy atom. The highest BCUT2D eigenvalue weighted by atomic mass is 16.6. The normalized spacial score (nSPS) is 25.6. The first-order chi connectivity index (χ1) is 18.8. The van der Waals surface area contributed by atoms with Gasteiger partial charge in [0.05, 0.1) is 17.2 Å². The number of fused-ring (bicyclic) bond motifs is 2. The van der Waals surface area contributed by atoms with E-state index in [1.54, 1.807) is 0 Å². The van der Waals surface area contributed by atoms with Crippen LogP contribution in [0.25, 0.3) is 0 Å². The number of carbonyl (C=O) groups excluding carboxylic acids is 1. The Kier molecular flexibility index (Phi) is 6.76. The number of hydrogen-bond acceptors (Lipinski definition) is 4. The van der Waals surface area contributed by atoms with Gasteiger partial charge >= 0.3 is 6.09 Å². The Bertz CT molecular complexity index is 1170. The van der Waals surface area contributed by atoms with Crippen LogP contribution in [0.15, 0.2) is 91.0 Å². The van der Waals surface area contributed by atoms with Gasteiger partial charge in [0.15, 0.2) is 0 Å². The minimum atomic E-state index is -0.548. The second-order valence-electron chi connectivity index (χ2n) is 12.3. The Hall–Kier alpha value is -3.15. The van der Waals surface area contributed by atoms with Gasteiger partial charge in [0.25, 0.3) is 0 Å². The van der Waals surface area contributed by atoms with Gasteiger partial charge in [-0.2, -0.15) is 0 Å². The van der Waals surface area contributed by atoms with Crippen molar-refractivity contribution < 1.29 is 14.3 Å². The molecule has 39 heavy (non-hydrogen) atoms. The van der Waals surface area contributed by atoms with Crippen LogP contribution in [0.5, 0.6) is 0 Å². The van der Waals surface area contributed by atoms with Crippen molar-refractivity contribution in [3.63, 3.8) is 0 Å². The average molecular weight is 525 g/mol.